The smallest absolute Gasteiger partial charge is 0.435 e. The number of ether oxygens (including phenoxy) is 4. The molecule has 0 amide bonds. The first-order chi connectivity index (χ1) is 9.33. The number of carbonyl (C=O) groups excluding carboxylic acids is 2. The summed E-state index contributed by atoms with van der Waals surface area (Å²) in [6.07, 6.45) is -2.83. The Morgan fingerprint density at radius 2 is 1.15 bits per heavy atom. The minimum atomic E-state index is -0.784. The molecule has 0 saturated carbocycles. The third-order valence-electron chi connectivity index (χ3n) is 2.46. The zero-order valence-electron chi connectivity index (χ0n) is 12.4. The van der Waals surface area contributed by atoms with Gasteiger partial charge < -0.3 is 18.9 Å². The fourth-order valence-corrected chi connectivity index (χ4v) is 1.26. The third kappa shape index (κ3) is 6.26. The molecular weight excluding hydrogens is 264 g/mol. The van der Waals surface area contributed by atoms with Gasteiger partial charge in [-0.05, 0) is 38.8 Å². The Morgan fingerprint density at radius 3 is 1.40 bits per heavy atom. The van der Waals surface area contributed by atoms with Crippen molar-refractivity contribution in [2.75, 3.05) is 13.2 Å². The van der Waals surface area contributed by atoms with E-state index in [1.54, 1.807) is 27.7 Å². The molecule has 0 aromatic rings. The van der Waals surface area contributed by atoms with E-state index in [-0.39, 0.29) is 13.2 Å². The van der Waals surface area contributed by atoms with Crippen LogP contribution in [-0.4, -0.2) is 37.7 Å². The predicted molar refractivity (Wildman–Crippen MR) is 73.4 cm³/mol. The Kier molecular flexibility index (Phi) is 8.12. The summed E-state index contributed by atoms with van der Waals surface area (Å²) in [4.78, 5) is 22.4. The van der Waals surface area contributed by atoms with Gasteiger partial charge in [0.15, 0.2) is 0 Å². The van der Waals surface area contributed by atoms with Crippen LogP contribution in [0.3, 0.4) is 0 Å². The van der Waals surface area contributed by atoms with E-state index in [2.05, 4.69) is 22.6 Å². The monoisotopic (exact) mass is 286 g/mol. The van der Waals surface area contributed by atoms with Gasteiger partial charge >= 0.3 is 12.3 Å². The van der Waals surface area contributed by atoms with E-state index in [1.165, 1.54) is 0 Å². The lowest BCUT2D eigenvalue weighted by molar-refractivity contribution is 0.0348. The summed E-state index contributed by atoms with van der Waals surface area (Å²) in [5.74, 6) is 0. The summed E-state index contributed by atoms with van der Waals surface area (Å²) in [6.45, 7) is 14.6. The van der Waals surface area contributed by atoms with Crippen LogP contribution in [0, 0.1) is 0 Å². The van der Waals surface area contributed by atoms with Gasteiger partial charge in [0.25, 0.3) is 0 Å². The van der Waals surface area contributed by atoms with Crippen LogP contribution in [0.5, 0.6) is 0 Å². The molecule has 6 nitrogen and oxygen atoms in total. The summed E-state index contributed by atoms with van der Waals surface area (Å²) >= 11 is 0. The van der Waals surface area contributed by atoms with Crippen LogP contribution in [-0.2, 0) is 18.9 Å². The average molecular weight is 286 g/mol. The molecule has 0 aliphatic heterocycles. The zero-order valence-corrected chi connectivity index (χ0v) is 12.4. The second kappa shape index (κ2) is 9.01. The molecule has 0 aliphatic carbocycles. The van der Waals surface area contributed by atoms with E-state index in [4.69, 9.17) is 9.47 Å². The number of hydrogen-bond donors (Lipinski definition) is 0. The van der Waals surface area contributed by atoms with E-state index in [0.29, 0.717) is 11.1 Å². The molecule has 0 radical (unpaired) electrons. The fraction of sp³-hybridized carbons (Fsp3) is 0.571. The molecule has 0 aliphatic rings. The van der Waals surface area contributed by atoms with Crippen LogP contribution in [0.1, 0.15) is 27.7 Å². The first-order valence-electron chi connectivity index (χ1n) is 6.38. The molecule has 114 valence electrons. The quantitative estimate of drug-likeness (QED) is 0.528. The van der Waals surface area contributed by atoms with Crippen molar-refractivity contribution in [3.63, 3.8) is 0 Å². The Hall–Kier alpha value is -1.98. The first kappa shape index (κ1) is 18.0. The molecule has 0 N–H and O–H groups in total. The minimum absolute atomic E-state index is 0.224. The highest BCUT2D eigenvalue weighted by Crippen LogP contribution is 2.19. The second-order valence-electron chi connectivity index (χ2n) is 3.94. The summed E-state index contributed by atoms with van der Waals surface area (Å²) in [6, 6.07) is 0. The van der Waals surface area contributed by atoms with Gasteiger partial charge in [-0.2, -0.15) is 0 Å². The molecule has 0 heterocycles. The maximum absolute atomic E-state index is 11.2. The van der Waals surface area contributed by atoms with Crippen molar-refractivity contribution in [1.82, 2.24) is 0 Å². The number of hydrogen-bond acceptors (Lipinski definition) is 6. The molecule has 0 saturated heterocycles. The molecule has 2 atom stereocenters. The van der Waals surface area contributed by atoms with Gasteiger partial charge in [0, 0.05) is 0 Å². The molecule has 0 fully saturated rings. The van der Waals surface area contributed by atoms with Crippen molar-refractivity contribution in [2.45, 2.75) is 39.9 Å². The second-order valence-corrected chi connectivity index (χ2v) is 3.94. The van der Waals surface area contributed by atoms with Crippen molar-refractivity contribution in [3.8, 4) is 0 Å². The molecule has 2 unspecified atom stereocenters. The van der Waals surface area contributed by atoms with Crippen molar-refractivity contribution < 1.29 is 28.5 Å². The Balaban J connectivity index is 4.41. The topological polar surface area (TPSA) is 71.1 Å². The van der Waals surface area contributed by atoms with Crippen LogP contribution in [0.25, 0.3) is 0 Å². The van der Waals surface area contributed by atoms with Gasteiger partial charge in [0.2, 0.25) is 0 Å². The summed E-state index contributed by atoms with van der Waals surface area (Å²) in [7, 11) is 0. The summed E-state index contributed by atoms with van der Waals surface area (Å²) in [5.41, 5.74) is 0.879. The van der Waals surface area contributed by atoms with E-state index in [0.717, 1.165) is 0 Å². The predicted octanol–water partition coefficient (Wildman–Crippen LogP) is 3.22. The van der Waals surface area contributed by atoms with Crippen molar-refractivity contribution in [3.05, 3.63) is 24.3 Å². The summed E-state index contributed by atoms with van der Waals surface area (Å²) < 4.78 is 19.3. The normalized spacial score (nSPS) is 12.8. The van der Waals surface area contributed by atoms with Crippen molar-refractivity contribution >= 4 is 12.3 Å². The lowest BCUT2D eigenvalue weighted by Gasteiger charge is -2.21. The van der Waals surface area contributed by atoms with Gasteiger partial charge in [-0.25, -0.2) is 9.59 Å². The van der Waals surface area contributed by atoms with E-state index in [9.17, 15) is 9.59 Å². The molecule has 0 aromatic heterocycles. The minimum Gasteiger partial charge on any atom is -0.435 e. The van der Waals surface area contributed by atoms with E-state index >= 15 is 0 Å². The SMILES string of the molecule is C=C(C(=C)C(C)OC(=O)OCC)C(C)OC(=O)OCC. The lowest BCUT2D eigenvalue weighted by Crippen LogP contribution is -2.24. The van der Waals surface area contributed by atoms with Crippen LogP contribution in [0.4, 0.5) is 9.59 Å². The highest BCUT2D eigenvalue weighted by Gasteiger charge is 2.21. The standard InChI is InChI=1S/C14H22O6/c1-7-17-13(15)19-11(5)9(3)10(4)12(6)20-14(16)18-8-2/h11-12H,3-4,7-8H2,1-2,5-6H3. The van der Waals surface area contributed by atoms with Gasteiger partial charge in [-0.1, -0.05) is 13.2 Å². The molecule has 0 aromatic carbocycles. The van der Waals surface area contributed by atoms with Crippen LogP contribution in [0.15, 0.2) is 24.3 Å². The van der Waals surface area contributed by atoms with Gasteiger partial charge in [-0.15, -0.1) is 0 Å². The Labute approximate surface area is 119 Å². The van der Waals surface area contributed by atoms with E-state index in [1.807, 2.05) is 0 Å². The zero-order chi connectivity index (χ0) is 15.7. The molecule has 20 heavy (non-hydrogen) atoms. The average Bonchev–Trinajstić information content (AvgIpc) is 2.37. The highest BCUT2D eigenvalue weighted by atomic mass is 16.7. The maximum atomic E-state index is 11.2. The number of rotatable bonds is 7. The van der Waals surface area contributed by atoms with Crippen LogP contribution >= 0.6 is 0 Å². The highest BCUT2D eigenvalue weighted by molar-refractivity contribution is 5.61. The Bertz CT molecular complexity index is 338. The molecule has 0 bridgehead atoms. The van der Waals surface area contributed by atoms with Gasteiger partial charge in [0.1, 0.15) is 12.2 Å². The first-order valence-corrected chi connectivity index (χ1v) is 6.38. The van der Waals surface area contributed by atoms with Crippen molar-refractivity contribution in [2.24, 2.45) is 0 Å². The Morgan fingerprint density at radius 1 is 0.850 bits per heavy atom. The fourth-order valence-electron chi connectivity index (χ4n) is 1.26. The maximum Gasteiger partial charge on any atom is 0.508 e. The molecule has 0 spiro atoms. The molecule has 0 rings (SSSR count). The third-order valence-corrected chi connectivity index (χ3v) is 2.46. The van der Waals surface area contributed by atoms with Gasteiger partial charge in [0.05, 0.1) is 13.2 Å². The van der Waals surface area contributed by atoms with Crippen LogP contribution in [0.2, 0.25) is 0 Å². The number of carbonyl (C=O) groups is 2. The van der Waals surface area contributed by atoms with Crippen LogP contribution < -0.4 is 0 Å². The largest absolute Gasteiger partial charge is 0.508 e. The van der Waals surface area contributed by atoms with Crippen molar-refractivity contribution in [1.29, 1.82) is 0 Å². The molecule has 6 heteroatoms. The molecular formula is C14H22O6. The van der Waals surface area contributed by atoms with E-state index < -0.39 is 24.5 Å². The van der Waals surface area contributed by atoms with Gasteiger partial charge in [-0.3, -0.25) is 0 Å². The summed E-state index contributed by atoms with van der Waals surface area (Å²) in [5, 5.41) is 0. The lowest BCUT2D eigenvalue weighted by atomic mass is 10.0.